The molecule has 0 saturated heterocycles. The number of anilines is 1. The molecule has 2 aromatic rings. The maximum absolute atomic E-state index is 8.93. The van der Waals surface area contributed by atoms with Gasteiger partial charge in [-0.1, -0.05) is 26.7 Å². The highest BCUT2D eigenvalue weighted by molar-refractivity contribution is 7.17. The van der Waals surface area contributed by atoms with Crippen LogP contribution in [0.3, 0.4) is 0 Å². The number of aromatic nitrogens is 1. The zero-order valence-electron chi connectivity index (χ0n) is 14.7. The highest BCUT2D eigenvalue weighted by Crippen LogP contribution is 2.27. The first-order chi connectivity index (χ1) is 12.2. The lowest BCUT2D eigenvalue weighted by molar-refractivity contribution is 0.682. The van der Waals surface area contributed by atoms with E-state index in [1.165, 1.54) is 46.9 Å². The molecular formula is C19H22N4S2. The Morgan fingerprint density at radius 1 is 1.12 bits per heavy atom. The van der Waals surface area contributed by atoms with Crippen molar-refractivity contribution in [2.24, 2.45) is 0 Å². The van der Waals surface area contributed by atoms with Crippen LogP contribution < -0.4 is 14.1 Å². The standard InChI is InChI=1S/C19H22N4S2/c1-3-5-9-23(10-6-4-2)18-8-7-16(24-18)11-17-14-22-19(25-17)15(12-20)13-21/h7-8,11,14H,3-6,9-10H2,1-2H3/b17-11+. The zero-order valence-corrected chi connectivity index (χ0v) is 16.3. The normalized spacial score (nSPS) is 11.1. The van der Waals surface area contributed by atoms with E-state index >= 15 is 0 Å². The van der Waals surface area contributed by atoms with Gasteiger partial charge >= 0.3 is 0 Å². The molecule has 2 heterocycles. The summed E-state index contributed by atoms with van der Waals surface area (Å²) in [5.74, 6) is 0. The summed E-state index contributed by atoms with van der Waals surface area (Å²) in [6, 6.07) is 8.09. The summed E-state index contributed by atoms with van der Waals surface area (Å²) in [6.45, 7) is 6.65. The second-order valence-corrected chi connectivity index (χ2v) is 7.84. The van der Waals surface area contributed by atoms with Crippen LogP contribution in [-0.4, -0.2) is 18.1 Å². The van der Waals surface area contributed by atoms with E-state index < -0.39 is 0 Å². The summed E-state index contributed by atoms with van der Waals surface area (Å²) in [5, 5.41) is 19.2. The summed E-state index contributed by atoms with van der Waals surface area (Å²) in [7, 11) is 0. The van der Waals surface area contributed by atoms with Crippen molar-refractivity contribution in [1.29, 1.82) is 10.5 Å². The Balaban J connectivity index is 2.24. The summed E-state index contributed by atoms with van der Waals surface area (Å²) in [6.07, 6.45) is 8.61. The van der Waals surface area contributed by atoms with Gasteiger partial charge in [-0.05, 0) is 31.1 Å². The molecule has 0 fully saturated rings. The van der Waals surface area contributed by atoms with Crippen LogP contribution in [0.15, 0.2) is 18.3 Å². The van der Waals surface area contributed by atoms with Crippen LogP contribution in [-0.2, 0) is 0 Å². The number of unbranched alkanes of at least 4 members (excludes halogenated alkanes) is 2. The molecule has 4 nitrogen and oxygen atoms in total. The first-order valence-corrected chi connectivity index (χ1v) is 10.2. The molecule has 0 amide bonds. The van der Waals surface area contributed by atoms with E-state index in [1.807, 2.05) is 12.1 Å². The fraction of sp³-hybridized carbons (Fsp3) is 0.421. The van der Waals surface area contributed by atoms with Gasteiger partial charge in [0.05, 0.1) is 5.00 Å². The number of hydrogen-bond acceptors (Lipinski definition) is 6. The number of nitrogens with zero attached hydrogens (tertiary/aromatic N) is 4. The predicted molar refractivity (Wildman–Crippen MR) is 106 cm³/mol. The molecule has 0 saturated carbocycles. The van der Waals surface area contributed by atoms with E-state index in [4.69, 9.17) is 10.5 Å². The maximum atomic E-state index is 8.93. The first-order valence-electron chi connectivity index (χ1n) is 8.54. The van der Waals surface area contributed by atoms with Crippen molar-refractivity contribution in [3.63, 3.8) is 0 Å². The fourth-order valence-electron chi connectivity index (χ4n) is 2.35. The average molecular weight is 371 g/mol. The second-order valence-electron chi connectivity index (χ2n) is 5.68. The van der Waals surface area contributed by atoms with Gasteiger partial charge in [0.15, 0.2) is 5.57 Å². The Labute approximate surface area is 157 Å². The van der Waals surface area contributed by atoms with Gasteiger partial charge < -0.3 is 4.90 Å². The molecule has 130 valence electrons. The van der Waals surface area contributed by atoms with Gasteiger partial charge in [0.1, 0.15) is 16.8 Å². The molecule has 25 heavy (non-hydrogen) atoms. The SMILES string of the molecule is CCCCN(CCCC)c1ccc(/C=c2\cnc(=C(C#N)C#N)s2)s1. The maximum Gasteiger partial charge on any atom is 0.165 e. The molecule has 0 atom stereocenters. The molecule has 0 aliphatic heterocycles. The van der Waals surface area contributed by atoms with Gasteiger partial charge in [-0.3, -0.25) is 0 Å². The Morgan fingerprint density at radius 2 is 1.80 bits per heavy atom. The molecule has 0 bridgehead atoms. The Hall–Kier alpha value is -2.15. The lowest BCUT2D eigenvalue weighted by Crippen LogP contribution is -2.24. The van der Waals surface area contributed by atoms with Crippen molar-refractivity contribution in [2.45, 2.75) is 39.5 Å². The minimum atomic E-state index is 0.0711. The number of thiophene rings is 1. The van der Waals surface area contributed by atoms with Crippen molar-refractivity contribution in [2.75, 3.05) is 18.0 Å². The third kappa shape index (κ3) is 5.42. The molecule has 0 radical (unpaired) electrons. The molecule has 0 unspecified atom stereocenters. The Bertz CT molecular complexity index is 856. The van der Waals surface area contributed by atoms with Crippen molar-refractivity contribution >= 4 is 39.3 Å². The smallest absolute Gasteiger partial charge is 0.165 e. The topological polar surface area (TPSA) is 63.7 Å². The van der Waals surface area contributed by atoms with E-state index in [9.17, 15) is 0 Å². The number of nitriles is 2. The van der Waals surface area contributed by atoms with Crippen molar-refractivity contribution in [3.05, 3.63) is 32.4 Å². The Morgan fingerprint density at radius 3 is 2.40 bits per heavy atom. The van der Waals surface area contributed by atoms with Gasteiger partial charge in [-0.25, -0.2) is 4.98 Å². The van der Waals surface area contributed by atoms with Gasteiger partial charge in [-0.15, -0.1) is 22.7 Å². The molecule has 0 aliphatic rings. The summed E-state index contributed by atoms with van der Waals surface area (Å²) in [5.41, 5.74) is 0.0711. The fourth-order valence-corrected chi connectivity index (χ4v) is 4.25. The van der Waals surface area contributed by atoms with Crippen molar-refractivity contribution in [1.82, 2.24) is 4.98 Å². The van der Waals surface area contributed by atoms with Crippen molar-refractivity contribution in [3.8, 4) is 12.1 Å². The molecule has 0 spiro atoms. The average Bonchev–Trinajstić information content (AvgIpc) is 3.27. The lowest BCUT2D eigenvalue weighted by atomic mass is 10.2. The van der Waals surface area contributed by atoms with Gasteiger partial charge in [-0.2, -0.15) is 10.5 Å². The third-order valence-electron chi connectivity index (χ3n) is 3.73. The molecule has 0 aromatic carbocycles. The molecule has 2 aromatic heterocycles. The number of thiazole rings is 1. The summed E-state index contributed by atoms with van der Waals surface area (Å²) >= 11 is 3.15. The molecular weight excluding hydrogens is 348 g/mol. The van der Waals surface area contributed by atoms with E-state index in [-0.39, 0.29) is 5.57 Å². The highest BCUT2D eigenvalue weighted by Gasteiger charge is 2.08. The van der Waals surface area contributed by atoms with Crippen LogP contribution in [0.2, 0.25) is 0 Å². The predicted octanol–water partition coefficient (Wildman–Crippen LogP) is 3.64. The molecule has 0 aliphatic carbocycles. The molecule has 0 N–H and O–H groups in total. The largest absolute Gasteiger partial charge is 0.363 e. The van der Waals surface area contributed by atoms with E-state index in [0.29, 0.717) is 4.66 Å². The highest BCUT2D eigenvalue weighted by atomic mass is 32.1. The minimum Gasteiger partial charge on any atom is -0.363 e. The van der Waals surface area contributed by atoms with Crippen LogP contribution in [0.25, 0.3) is 11.6 Å². The summed E-state index contributed by atoms with van der Waals surface area (Å²) in [4.78, 5) is 7.82. The van der Waals surface area contributed by atoms with Gasteiger partial charge in [0, 0.05) is 28.7 Å². The minimum absolute atomic E-state index is 0.0711. The third-order valence-corrected chi connectivity index (χ3v) is 5.79. The number of rotatable bonds is 8. The van der Waals surface area contributed by atoms with Crippen molar-refractivity contribution < 1.29 is 0 Å². The van der Waals surface area contributed by atoms with Gasteiger partial charge in [0.25, 0.3) is 0 Å². The second kappa shape index (κ2) is 9.98. The molecule has 6 heteroatoms. The number of hydrogen-bond donors (Lipinski definition) is 0. The van der Waals surface area contributed by atoms with Crippen LogP contribution in [0.4, 0.5) is 5.00 Å². The van der Waals surface area contributed by atoms with E-state index in [0.717, 1.165) is 17.6 Å². The van der Waals surface area contributed by atoms with E-state index in [1.54, 1.807) is 17.5 Å². The van der Waals surface area contributed by atoms with Crippen LogP contribution in [0.1, 0.15) is 44.4 Å². The molecule has 2 rings (SSSR count). The van der Waals surface area contributed by atoms with Crippen LogP contribution >= 0.6 is 22.7 Å². The quantitative estimate of drug-likeness (QED) is 0.712. The summed E-state index contributed by atoms with van der Waals surface area (Å²) < 4.78 is 1.45. The zero-order chi connectivity index (χ0) is 18.1. The van der Waals surface area contributed by atoms with E-state index in [2.05, 4.69) is 41.9 Å². The Kier molecular flexibility index (Phi) is 7.66. The first kappa shape index (κ1) is 19.2. The van der Waals surface area contributed by atoms with Crippen LogP contribution in [0.5, 0.6) is 0 Å². The van der Waals surface area contributed by atoms with Gasteiger partial charge in [0.2, 0.25) is 0 Å². The van der Waals surface area contributed by atoms with Crippen LogP contribution in [0, 0.1) is 22.7 Å². The monoisotopic (exact) mass is 370 g/mol. The lowest BCUT2D eigenvalue weighted by Gasteiger charge is -2.22.